The molecule has 1 aromatic heterocycles. The summed E-state index contributed by atoms with van der Waals surface area (Å²) >= 11 is 4.98. The SMILES string of the molecule is CS(=O)(=O)Cc1cc2c(Br)cccc2s1. The van der Waals surface area contributed by atoms with Gasteiger partial charge in [0.15, 0.2) is 9.84 Å². The van der Waals surface area contributed by atoms with Crippen molar-refractivity contribution in [3.63, 3.8) is 0 Å². The van der Waals surface area contributed by atoms with Crippen LogP contribution in [0.5, 0.6) is 0 Å². The van der Waals surface area contributed by atoms with E-state index in [1.165, 1.54) is 17.6 Å². The van der Waals surface area contributed by atoms with E-state index in [0.29, 0.717) is 0 Å². The first-order valence-corrected chi connectivity index (χ1v) is 7.97. The molecule has 0 fully saturated rings. The summed E-state index contributed by atoms with van der Waals surface area (Å²) < 4.78 is 24.4. The fraction of sp³-hybridized carbons (Fsp3) is 0.200. The molecule has 0 aliphatic carbocycles. The molecule has 5 heteroatoms. The number of hydrogen-bond acceptors (Lipinski definition) is 3. The molecule has 0 saturated carbocycles. The van der Waals surface area contributed by atoms with E-state index < -0.39 is 9.84 Å². The largest absolute Gasteiger partial charge is 0.229 e. The van der Waals surface area contributed by atoms with Crippen LogP contribution in [0.1, 0.15) is 4.88 Å². The van der Waals surface area contributed by atoms with Crippen molar-refractivity contribution in [1.82, 2.24) is 0 Å². The van der Waals surface area contributed by atoms with Gasteiger partial charge in [0.1, 0.15) is 0 Å². The molecule has 0 aliphatic heterocycles. The highest BCUT2D eigenvalue weighted by atomic mass is 79.9. The maximum absolute atomic E-state index is 11.2. The van der Waals surface area contributed by atoms with Gasteiger partial charge in [0, 0.05) is 25.7 Å². The minimum atomic E-state index is -2.94. The summed E-state index contributed by atoms with van der Waals surface area (Å²) in [6.07, 6.45) is 1.26. The Morgan fingerprint density at radius 2 is 2.13 bits per heavy atom. The van der Waals surface area contributed by atoms with Gasteiger partial charge in [-0.25, -0.2) is 8.42 Å². The number of benzene rings is 1. The first-order valence-electron chi connectivity index (χ1n) is 4.30. The van der Waals surface area contributed by atoms with Crippen LogP contribution in [0, 0.1) is 0 Å². The van der Waals surface area contributed by atoms with Gasteiger partial charge in [-0.3, -0.25) is 0 Å². The van der Waals surface area contributed by atoms with Crippen LogP contribution < -0.4 is 0 Å². The molecule has 0 bridgehead atoms. The van der Waals surface area contributed by atoms with E-state index in [-0.39, 0.29) is 5.75 Å². The van der Waals surface area contributed by atoms with Crippen LogP contribution >= 0.6 is 27.3 Å². The Balaban J connectivity index is 2.53. The fourth-order valence-corrected chi connectivity index (χ4v) is 4.38. The van der Waals surface area contributed by atoms with Crippen molar-refractivity contribution in [3.05, 3.63) is 33.6 Å². The zero-order chi connectivity index (χ0) is 11.1. The Morgan fingerprint density at radius 3 is 2.73 bits per heavy atom. The fourth-order valence-electron chi connectivity index (χ4n) is 1.41. The average Bonchev–Trinajstić information content (AvgIpc) is 2.45. The van der Waals surface area contributed by atoms with Crippen LogP contribution in [0.15, 0.2) is 28.7 Å². The van der Waals surface area contributed by atoms with Crippen molar-refractivity contribution in [2.75, 3.05) is 6.26 Å². The second kappa shape index (κ2) is 3.88. The van der Waals surface area contributed by atoms with Crippen LogP contribution in [0.25, 0.3) is 10.1 Å². The third kappa shape index (κ3) is 2.59. The summed E-state index contributed by atoms with van der Waals surface area (Å²) in [5, 5.41) is 1.08. The molecular weight excluding hydrogens is 296 g/mol. The van der Waals surface area contributed by atoms with Gasteiger partial charge in [0.25, 0.3) is 0 Å². The standard InChI is InChI=1S/C10H9BrO2S2/c1-15(12,13)6-7-5-8-9(11)3-2-4-10(8)14-7/h2-5H,6H2,1H3. The van der Waals surface area contributed by atoms with Crippen molar-refractivity contribution in [2.24, 2.45) is 0 Å². The molecule has 0 atom stereocenters. The van der Waals surface area contributed by atoms with E-state index in [0.717, 1.165) is 19.4 Å². The number of sulfone groups is 1. The van der Waals surface area contributed by atoms with Crippen LogP contribution in [0.2, 0.25) is 0 Å². The molecule has 0 amide bonds. The predicted molar refractivity (Wildman–Crippen MR) is 68.1 cm³/mol. The Hall–Kier alpha value is -0.390. The van der Waals surface area contributed by atoms with Crippen LogP contribution in [0.4, 0.5) is 0 Å². The lowest BCUT2D eigenvalue weighted by Gasteiger charge is -1.91. The number of thiophene rings is 1. The number of fused-ring (bicyclic) bond motifs is 1. The summed E-state index contributed by atoms with van der Waals surface area (Å²) in [5.74, 6) is 0.124. The second-order valence-electron chi connectivity index (χ2n) is 3.43. The molecule has 2 rings (SSSR count). The molecule has 2 aromatic rings. The normalized spacial score (nSPS) is 12.1. The molecule has 1 aromatic carbocycles. The Bertz CT molecular complexity index is 599. The zero-order valence-electron chi connectivity index (χ0n) is 8.03. The molecule has 0 aliphatic rings. The lowest BCUT2D eigenvalue weighted by atomic mass is 10.2. The molecular formula is C10H9BrO2S2. The van der Waals surface area contributed by atoms with E-state index in [4.69, 9.17) is 0 Å². The van der Waals surface area contributed by atoms with Crippen molar-refractivity contribution in [2.45, 2.75) is 5.75 Å². The summed E-state index contributed by atoms with van der Waals surface area (Å²) in [4.78, 5) is 0.888. The van der Waals surface area contributed by atoms with E-state index in [9.17, 15) is 8.42 Å². The van der Waals surface area contributed by atoms with Gasteiger partial charge in [-0.05, 0) is 18.2 Å². The zero-order valence-corrected chi connectivity index (χ0v) is 11.2. The number of rotatable bonds is 2. The number of hydrogen-bond donors (Lipinski definition) is 0. The van der Waals surface area contributed by atoms with E-state index in [2.05, 4.69) is 15.9 Å². The highest BCUT2D eigenvalue weighted by Crippen LogP contribution is 2.31. The molecule has 15 heavy (non-hydrogen) atoms. The molecule has 0 radical (unpaired) electrons. The van der Waals surface area contributed by atoms with Gasteiger partial charge < -0.3 is 0 Å². The smallest absolute Gasteiger partial charge is 0.152 e. The molecule has 2 nitrogen and oxygen atoms in total. The summed E-state index contributed by atoms with van der Waals surface area (Å²) in [6.45, 7) is 0. The molecule has 1 heterocycles. The van der Waals surface area contributed by atoms with Gasteiger partial charge in [-0.15, -0.1) is 11.3 Å². The summed E-state index contributed by atoms with van der Waals surface area (Å²) in [6, 6.07) is 7.84. The topological polar surface area (TPSA) is 34.1 Å². The lowest BCUT2D eigenvalue weighted by Crippen LogP contribution is -1.98. The van der Waals surface area contributed by atoms with E-state index in [1.807, 2.05) is 24.3 Å². The molecule has 0 unspecified atom stereocenters. The second-order valence-corrected chi connectivity index (χ2v) is 7.60. The average molecular weight is 305 g/mol. The third-order valence-corrected chi connectivity index (χ3v) is 4.77. The first-order chi connectivity index (χ1) is 6.96. The third-order valence-electron chi connectivity index (χ3n) is 1.96. The monoisotopic (exact) mass is 304 g/mol. The van der Waals surface area contributed by atoms with Gasteiger partial charge >= 0.3 is 0 Å². The first kappa shape index (κ1) is 11.1. The quantitative estimate of drug-likeness (QED) is 0.854. The van der Waals surface area contributed by atoms with Gasteiger partial charge in [-0.2, -0.15) is 0 Å². The van der Waals surface area contributed by atoms with Gasteiger partial charge in [0.2, 0.25) is 0 Å². The van der Waals surface area contributed by atoms with E-state index >= 15 is 0 Å². The Kier molecular flexibility index (Phi) is 2.87. The minimum absolute atomic E-state index is 0.124. The van der Waals surface area contributed by atoms with Crippen molar-refractivity contribution in [3.8, 4) is 0 Å². The van der Waals surface area contributed by atoms with Crippen molar-refractivity contribution in [1.29, 1.82) is 0 Å². The molecule has 0 spiro atoms. The maximum atomic E-state index is 11.2. The molecule has 0 saturated heterocycles. The van der Waals surface area contributed by atoms with Gasteiger partial charge in [-0.1, -0.05) is 22.0 Å². The maximum Gasteiger partial charge on any atom is 0.152 e. The minimum Gasteiger partial charge on any atom is -0.229 e. The Labute approximate surface area is 101 Å². The van der Waals surface area contributed by atoms with Crippen LogP contribution in [0.3, 0.4) is 0 Å². The molecule has 0 N–H and O–H groups in total. The van der Waals surface area contributed by atoms with E-state index in [1.54, 1.807) is 0 Å². The lowest BCUT2D eigenvalue weighted by molar-refractivity contribution is 0.601. The van der Waals surface area contributed by atoms with Gasteiger partial charge in [0.05, 0.1) is 5.75 Å². The van der Waals surface area contributed by atoms with Crippen LogP contribution in [-0.4, -0.2) is 14.7 Å². The number of halogens is 1. The molecule has 80 valence electrons. The summed E-state index contributed by atoms with van der Waals surface area (Å²) in [7, 11) is -2.94. The predicted octanol–water partition coefficient (Wildman–Crippen LogP) is 3.21. The summed E-state index contributed by atoms with van der Waals surface area (Å²) in [5.41, 5.74) is 0. The Morgan fingerprint density at radius 1 is 1.40 bits per heavy atom. The van der Waals surface area contributed by atoms with Crippen molar-refractivity contribution >= 4 is 47.2 Å². The highest BCUT2D eigenvalue weighted by Gasteiger charge is 2.09. The van der Waals surface area contributed by atoms with Crippen molar-refractivity contribution < 1.29 is 8.42 Å². The highest BCUT2D eigenvalue weighted by molar-refractivity contribution is 9.10. The van der Waals surface area contributed by atoms with Crippen LogP contribution in [-0.2, 0) is 15.6 Å².